The molecular weight excluding hydrogens is 204 g/mol. The van der Waals surface area contributed by atoms with Crippen molar-refractivity contribution in [2.75, 3.05) is 11.5 Å². The van der Waals surface area contributed by atoms with Crippen molar-refractivity contribution < 1.29 is 18.3 Å². The minimum atomic E-state index is -2.90. The molecule has 1 atom stereocenters. The lowest BCUT2D eigenvalue weighted by Crippen LogP contribution is -2.24. The molecule has 1 aliphatic rings. The van der Waals surface area contributed by atoms with Crippen molar-refractivity contribution in [3.8, 4) is 11.8 Å². The molecule has 1 unspecified atom stereocenters. The molecule has 0 radical (unpaired) electrons. The minimum Gasteiger partial charge on any atom is -0.472 e. The van der Waals surface area contributed by atoms with Crippen molar-refractivity contribution in [2.45, 2.75) is 19.3 Å². The summed E-state index contributed by atoms with van der Waals surface area (Å²) in [7, 11) is -2.90. The SMILES string of the molecule is O=C(O)C#CCC1CCCS(=O)(=O)C1. The van der Waals surface area contributed by atoms with E-state index in [2.05, 4.69) is 5.92 Å². The first-order valence-electron chi connectivity index (χ1n) is 4.42. The number of carbonyl (C=O) groups is 1. The van der Waals surface area contributed by atoms with Gasteiger partial charge in [-0.2, -0.15) is 0 Å². The second-order valence-corrected chi connectivity index (χ2v) is 5.66. The first-order chi connectivity index (χ1) is 6.49. The number of rotatable bonds is 1. The predicted molar refractivity (Wildman–Crippen MR) is 51.4 cm³/mol. The van der Waals surface area contributed by atoms with Crippen molar-refractivity contribution in [1.29, 1.82) is 0 Å². The summed E-state index contributed by atoms with van der Waals surface area (Å²) in [4.78, 5) is 10.1. The third-order valence-corrected chi connectivity index (χ3v) is 4.03. The summed E-state index contributed by atoms with van der Waals surface area (Å²) in [6.45, 7) is 0. The van der Waals surface area contributed by atoms with Gasteiger partial charge in [0.1, 0.15) is 0 Å². The number of hydrogen-bond donors (Lipinski definition) is 1. The second kappa shape index (κ2) is 4.47. The van der Waals surface area contributed by atoms with Crippen molar-refractivity contribution in [3.05, 3.63) is 0 Å². The van der Waals surface area contributed by atoms with Gasteiger partial charge in [-0.3, -0.25) is 0 Å². The summed E-state index contributed by atoms with van der Waals surface area (Å²) in [5.74, 6) is 3.74. The highest BCUT2D eigenvalue weighted by Gasteiger charge is 2.23. The van der Waals surface area contributed by atoms with Crippen LogP contribution in [0.5, 0.6) is 0 Å². The van der Waals surface area contributed by atoms with Gasteiger partial charge in [0.2, 0.25) is 0 Å². The fourth-order valence-corrected chi connectivity index (χ4v) is 3.33. The molecule has 0 aromatic rings. The van der Waals surface area contributed by atoms with E-state index in [0.29, 0.717) is 12.8 Å². The highest BCUT2D eigenvalue weighted by molar-refractivity contribution is 7.91. The zero-order valence-electron chi connectivity index (χ0n) is 7.69. The van der Waals surface area contributed by atoms with Gasteiger partial charge in [-0.05, 0) is 18.8 Å². The molecule has 0 aromatic heterocycles. The van der Waals surface area contributed by atoms with Gasteiger partial charge in [0.25, 0.3) is 0 Å². The molecule has 1 aliphatic heterocycles. The molecule has 1 rings (SSSR count). The lowest BCUT2D eigenvalue weighted by molar-refractivity contribution is -0.130. The van der Waals surface area contributed by atoms with E-state index in [-0.39, 0.29) is 17.4 Å². The van der Waals surface area contributed by atoms with Gasteiger partial charge in [-0.15, -0.1) is 0 Å². The summed E-state index contributed by atoms with van der Waals surface area (Å²) in [5, 5.41) is 8.25. The fraction of sp³-hybridized carbons (Fsp3) is 0.667. The van der Waals surface area contributed by atoms with Crippen molar-refractivity contribution in [2.24, 2.45) is 5.92 Å². The van der Waals surface area contributed by atoms with Gasteiger partial charge in [-0.25, -0.2) is 13.2 Å². The summed E-state index contributed by atoms with van der Waals surface area (Å²) in [6, 6.07) is 0. The van der Waals surface area contributed by atoms with Crippen LogP contribution in [0, 0.1) is 17.8 Å². The van der Waals surface area contributed by atoms with E-state index >= 15 is 0 Å². The monoisotopic (exact) mass is 216 g/mol. The summed E-state index contributed by atoms with van der Waals surface area (Å²) < 4.78 is 22.4. The lowest BCUT2D eigenvalue weighted by Gasteiger charge is -2.19. The van der Waals surface area contributed by atoms with E-state index < -0.39 is 15.8 Å². The van der Waals surface area contributed by atoms with E-state index in [4.69, 9.17) is 5.11 Å². The Morgan fingerprint density at radius 3 is 2.79 bits per heavy atom. The molecule has 0 saturated carbocycles. The van der Waals surface area contributed by atoms with Crippen molar-refractivity contribution >= 4 is 15.8 Å². The van der Waals surface area contributed by atoms with Crippen LogP contribution in [0.15, 0.2) is 0 Å². The maximum absolute atomic E-state index is 11.2. The van der Waals surface area contributed by atoms with Crippen LogP contribution < -0.4 is 0 Å². The third kappa shape index (κ3) is 3.79. The molecule has 0 amide bonds. The van der Waals surface area contributed by atoms with Gasteiger partial charge >= 0.3 is 5.97 Å². The molecule has 1 N–H and O–H groups in total. The van der Waals surface area contributed by atoms with E-state index in [1.807, 2.05) is 5.92 Å². The Hall–Kier alpha value is -1.02. The molecule has 0 spiro atoms. The largest absolute Gasteiger partial charge is 0.472 e. The van der Waals surface area contributed by atoms with Gasteiger partial charge in [0.05, 0.1) is 11.5 Å². The van der Waals surface area contributed by atoms with Crippen LogP contribution in [-0.2, 0) is 14.6 Å². The molecule has 0 bridgehead atoms. The Bertz CT molecular complexity index is 371. The number of aliphatic carboxylic acids is 1. The molecule has 0 aromatic carbocycles. The molecule has 1 fully saturated rings. The van der Waals surface area contributed by atoms with Crippen LogP contribution in [0.1, 0.15) is 19.3 Å². The summed E-state index contributed by atoms with van der Waals surface area (Å²) in [6.07, 6.45) is 1.86. The molecular formula is C9H12O4S. The molecule has 5 heteroatoms. The van der Waals surface area contributed by atoms with E-state index in [1.54, 1.807) is 0 Å². The Morgan fingerprint density at radius 1 is 1.50 bits per heavy atom. The summed E-state index contributed by atoms with van der Waals surface area (Å²) >= 11 is 0. The van der Waals surface area contributed by atoms with E-state index in [9.17, 15) is 13.2 Å². The highest BCUT2D eigenvalue weighted by Crippen LogP contribution is 2.20. The zero-order chi connectivity index (χ0) is 10.6. The maximum atomic E-state index is 11.2. The molecule has 14 heavy (non-hydrogen) atoms. The molecule has 1 heterocycles. The van der Waals surface area contributed by atoms with Crippen LogP contribution in [0.25, 0.3) is 0 Å². The van der Waals surface area contributed by atoms with Crippen molar-refractivity contribution in [1.82, 2.24) is 0 Å². The van der Waals surface area contributed by atoms with Crippen LogP contribution in [0.3, 0.4) is 0 Å². The van der Waals surface area contributed by atoms with Gasteiger partial charge in [-0.1, -0.05) is 5.92 Å². The normalized spacial score (nSPS) is 24.7. The van der Waals surface area contributed by atoms with Crippen LogP contribution >= 0.6 is 0 Å². The first-order valence-corrected chi connectivity index (χ1v) is 6.24. The number of sulfone groups is 1. The van der Waals surface area contributed by atoms with E-state index in [1.165, 1.54) is 0 Å². The second-order valence-electron chi connectivity index (χ2n) is 3.43. The molecule has 1 saturated heterocycles. The molecule has 4 nitrogen and oxygen atoms in total. The first kappa shape index (κ1) is 11.1. The van der Waals surface area contributed by atoms with Gasteiger partial charge in [0, 0.05) is 12.3 Å². The number of carboxylic acid groups (broad SMARTS) is 1. The minimum absolute atomic E-state index is 0.0144. The van der Waals surface area contributed by atoms with E-state index in [0.717, 1.165) is 6.42 Å². The quantitative estimate of drug-likeness (QED) is 0.639. The Kier molecular flexibility index (Phi) is 3.53. The standard InChI is InChI=1S/C9H12O4S/c10-9(11)5-1-3-8-4-2-6-14(12,13)7-8/h8H,2-4,6-7H2,(H,10,11). The highest BCUT2D eigenvalue weighted by atomic mass is 32.2. The number of carboxylic acids is 1. The van der Waals surface area contributed by atoms with Crippen LogP contribution in [-0.4, -0.2) is 31.0 Å². The fourth-order valence-electron chi connectivity index (χ4n) is 1.55. The van der Waals surface area contributed by atoms with Crippen LogP contribution in [0.4, 0.5) is 0 Å². The van der Waals surface area contributed by atoms with Crippen LogP contribution in [0.2, 0.25) is 0 Å². The number of hydrogen-bond acceptors (Lipinski definition) is 3. The third-order valence-electron chi connectivity index (χ3n) is 2.14. The Morgan fingerprint density at radius 2 is 2.21 bits per heavy atom. The average Bonchev–Trinajstić information content (AvgIpc) is 2.01. The average molecular weight is 216 g/mol. The molecule has 78 valence electrons. The Balaban J connectivity index is 2.48. The Labute approximate surface area is 83.2 Å². The van der Waals surface area contributed by atoms with Gasteiger partial charge in [0.15, 0.2) is 9.84 Å². The topological polar surface area (TPSA) is 71.4 Å². The van der Waals surface area contributed by atoms with Gasteiger partial charge < -0.3 is 5.11 Å². The maximum Gasteiger partial charge on any atom is 0.381 e. The summed E-state index contributed by atoms with van der Waals surface area (Å²) in [5.41, 5.74) is 0. The van der Waals surface area contributed by atoms with Crippen molar-refractivity contribution in [3.63, 3.8) is 0 Å². The predicted octanol–water partition coefficient (Wildman–Crippen LogP) is 0.289. The zero-order valence-corrected chi connectivity index (χ0v) is 8.51. The smallest absolute Gasteiger partial charge is 0.381 e. The lowest BCUT2D eigenvalue weighted by atomic mass is 10.0. The molecule has 0 aliphatic carbocycles.